The number of amides is 2. The topological polar surface area (TPSA) is 78.4 Å². The molecule has 0 saturated heterocycles. The maximum atomic E-state index is 13.7. The van der Waals surface area contributed by atoms with Gasteiger partial charge >= 0.3 is 0 Å². The van der Waals surface area contributed by atoms with Crippen molar-refractivity contribution < 1.29 is 19.1 Å². The molecule has 21 heavy (non-hydrogen) atoms. The fraction of sp³-hybridized carbons (Fsp3) is 0.467. The zero-order valence-corrected chi connectivity index (χ0v) is 12.4. The van der Waals surface area contributed by atoms with Gasteiger partial charge in [-0.2, -0.15) is 0 Å². The number of hydrogen-bond acceptors (Lipinski definition) is 3. The minimum Gasteiger partial charge on any atom is -0.391 e. The lowest BCUT2D eigenvalue weighted by atomic mass is 10.1. The van der Waals surface area contributed by atoms with Crippen LogP contribution in [0.1, 0.15) is 37.6 Å². The number of anilines is 1. The second kappa shape index (κ2) is 7.73. The number of hydrogen-bond donors (Lipinski definition) is 3. The first-order chi connectivity index (χ1) is 9.79. The van der Waals surface area contributed by atoms with E-state index in [2.05, 4.69) is 10.6 Å². The van der Waals surface area contributed by atoms with Gasteiger partial charge < -0.3 is 15.7 Å². The molecule has 0 bridgehead atoms. The highest BCUT2D eigenvalue weighted by molar-refractivity contribution is 5.97. The minimum absolute atomic E-state index is 0.0564. The van der Waals surface area contributed by atoms with Crippen LogP contribution >= 0.6 is 0 Å². The zero-order valence-electron chi connectivity index (χ0n) is 12.4. The molecule has 0 radical (unpaired) electrons. The van der Waals surface area contributed by atoms with Gasteiger partial charge in [-0.05, 0) is 30.5 Å². The molecule has 1 unspecified atom stereocenters. The van der Waals surface area contributed by atoms with Gasteiger partial charge in [-0.3, -0.25) is 9.59 Å². The van der Waals surface area contributed by atoms with E-state index in [-0.39, 0.29) is 18.0 Å². The van der Waals surface area contributed by atoms with Gasteiger partial charge in [0.25, 0.3) is 5.91 Å². The van der Waals surface area contributed by atoms with Crippen LogP contribution < -0.4 is 10.6 Å². The Hall–Kier alpha value is -1.95. The van der Waals surface area contributed by atoms with Crippen molar-refractivity contribution in [3.8, 4) is 0 Å². The third kappa shape index (κ3) is 5.91. The third-order valence-electron chi connectivity index (χ3n) is 2.77. The van der Waals surface area contributed by atoms with Crippen LogP contribution in [0, 0.1) is 11.7 Å². The second-order valence-corrected chi connectivity index (χ2v) is 5.37. The number of nitrogens with one attached hydrogen (secondary N) is 2. The summed E-state index contributed by atoms with van der Waals surface area (Å²) in [6, 6.07) is 3.76. The molecule has 1 rings (SSSR count). The summed E-state index contributed by atoms with van der Waals surface area (Å²) in [6.45, 7) is 5.30. The first-order valence-electron chi connectivity index (χ1n) is 6.83. The Morgan fingerprint density at radius 1 is 1.33 bits per heavy atom. The summed E-state index contributed by atoms with van der Waals surface area (Å²) in [5, 5.41) is 14.7. The molecular weight excluding hydrogens is 275 g/mol. The normalized spacial score (nSPS) is 12.1. The van der Waals surface area contributed by atoms with E-state index in [4.69, 9.17) is 0 Å². The van der Waals surface area contributed by atoms with Crippen LogP contribution in [-0.4, -0.2) is 29.6 Å². The fourth-order valence-corrected chi connectivity index (χ4v) is 1.91. The molecule has 0 heterocycles. The van der Waals surface area contributed by atoms with Gasteiger partial charge in [-0.1, -0.05) is 13.8 Å². The molecule has 0 aliphatic carbocycles. The van der Waals surface area contributed by atoms with Crippen LogP contribution in [0.4, 0.5) is 10.1 Å². The van der Waals surface area contributed by atoms with Crippen LogP contribution in [0.5, 0.6) is 0 Å². The van der Waals surface area contributed by atoms with Gasteiger partial charge in [0.15, 0.2) is 0 Å². The van der Waals surface area contributed by atoms with E-state index in [1.807, 2.05) is 13.8 Å². The summed E-state index contributed by atoms with van der Waals surface area (Å²) in [6.07, 6.45) is -0.121. The monoisotopic (exact) mass is 296 g/mol. The van der Waals surface area contributed by atoms with E-state index < -0.39 is 17.8 Å². The van der Waals surface area contributed by atoms with E-state index >= 15 is 0 Å². The van der Waals surface area contributed by atoms with Crippen molar-refractivity contribution in [2.45, 2.75) is 33.3 Å². The first kappa shape index (κ1) is 17.1. The average molecular weight is 296 g/mol. The van der Waals surface area contributed by atoms with Crippen LogP contribution in [0.15, 0.2) is 18.2 Å². The molecule has 1 atom stereocenters. The Morgan fingerprint density at radius 3 is 2.57 bits per heavy atom. The predicted octanol–water partition coefficient (Wildman–Crippen LogP) is 1.92. The van der Waals surface area contributed by atoms with E-state index in [0.717, 1.165) is 6.07 Å². The van der Waals surface area contributed by atoms with Crippen molar-refractivity contribution in [2.24, 2.45) is 5.92 Å². The standard InChI is InChI=1S/C15H21FN2O3/c1-9(2)6-12(20)8-17-15(21)13-7-11(18-10(3)19)4-5-14(13)16/h4-5,7,9,12,20H,6,8H2,1-3H3,(H,17,21)(H,18,19). The van der Waals surface area contributed by atoms with E-state index in [1.165, 1.54) is 19.1 Å². The molecule has 6 heteroatoms. The van der Waals surface area contributed by atoms with Crippen molar-refractivity contribution in [1.29, 1.82) is 0 Å². The molecule has 0 aliphatic heterocycles. The number of benzene rings is 1. The SMILES string of the molecule is CC(=O)Nc1ccc(F)c(C(=O)NCC(O)CC(C)C)c1. The Kier molecular flexibility index (Phi) is 6.30. The van der Waals surface area contributed by atoms with Crippen molar-refractivity contribution in [3.63, 3.8) is 0 Å². The predicted molar refractivity (Wildman–Crippen MR) is 78.5 cm³/mol. The second-order valence-electron chi connectivity index (χ2n) is 5.37. The Bertz CT molecular complexity index is 518. The van der Waals surface area contributed by atoms with Gasteiger partial charge in [0.2, 0.25) is 5.91 Å². The van der Waals surface area contributed by atoms with Crippen LogP contribution in [-0.2, 0) is 4.79 Å². The molecule has 3 N–H and O–H groups in total. The van der Waals surface area contributed by atoms with Crippen molar-refractivity contribution in [2.75, 3.05) is 11.9 Å². The highest BCUT2D eigenvalue weighted by Crippen LogP contribution is 2.15. The van der Waals surface area contributed by atoms with Gasteiger partial charge in [-0.25, -0.2) is 4.39 Å². The molecule has 5 nitrogen and oxygen atoms in total. The maximum Gasteiger partial charge on any atom is 0.254 e. The highest BCUT2D eigenvalue weighted by atomic mass is 19.1. The summed E-state index contributed by atoms with van der Waals surface area (Å²) >= 11 is 0. The number of halogens is 1. The molecule has 1 aromatic carbocycles. The van der Waals surface area contributed by atoms with Gasteiger partial charge in [-0.15, -0.1) is 0 Å². The average Bonchev–Trinajstić information content (AvgIpc) is 2.37. The lowest BCUT2D eigenvalue weighted by Crippen LogP contribution is -2.33. The number of carbonyl (C=O) groups is 2. The van der Waals surface area contributed by atoms with E-state index in [0.29, 0.717) is 18.0 Å². The summed E-state index contributed by atoms with van der Waals surface area (Å²) in [7, 11) is 0. The third-order valence-corrected chi connectivity index (χ3v) is 2.77. The Morgan fingerprint density at radius 2 is 2.00 bits per heavy atom. The summed E-state index contributed by atoms with van der Waals surface area (Å²) in [5.41, 5.74) is 0.176. The lowest BCUT2D eigenvalue weighted by molar-refractivity contribution is -0.114. The minimum atomic E-state index is -0.681. The number of rotatable bonds is 6. The summed E-state index contributed by atoms with van der Waals surface area (Å²) < 4.78 is 13.7. The van der Waals surface area contributed by atoms with Crippen molar-refractivity contribution in [1.82, 2.24) is 5.32 Å². The molecule has 2 amide bonds. The van der Waals surface area contributed by atoms with Gasteiger partial charge in [0.05, 0.1) is 11.7 Å². The number of aliphatic hydroxyl groups excluding tert-OH is 1. The van der Waals surface area contributed by atoms with Crippen molar-refractivity contribution >= 4 is 17.5 Å². The Labute approximate surface area is 123 Å². The number of carbonyl (C=O) groups excluding carboxylic acids is 2. The van der Waals surface area contributed by atoms with Crippen LogP contribution in [0.25, 0.3) is 0 Å². The molecule has 0 fully saturated rings. The molecule has 0 aromatic heterocycles. The quantitative estimate of drug-likeness (QED) is 0.750. The zero-order chi connectivity index (χ0) is 16.0. The molecule has 0 spiro atoms. The largest absolute Gasteiger partial charge is 0.391 e. The van der Waals surface area contributed by atoms with Gasteiger partial charge in [0.1, 0.15) is 5.82 Å². The van der Waals surface area contributed by atoms with Crippen LogP contribution in [0.3, 0.4) is 0 Å². The van der Waals surface area contributed by atoms with E-state index in [1.54, 1.807) is 0 Å². The molecular formula is C15H21FN2O3. The summed E-state index contributed by atoms with van der Waals surface area (Å²) in [5.74, 6) is -1.31. The molecule has 1 aromatic rings. The summed E-state index contributed by atoms with van der Waals surface area (Å²) in [4.78, 5) is 22.9. The van der Waals surface area contributed by atoms with Crippen LogP contribution in [0.2, 0.25) is 0 Å². The molecule has 116 valence electrons. The smallest absolute Gasteiger partial charge is 0.254 e. The first-order valence-corrected chi connectivity index (χ1v) is 6.83. The number of aliphatic hydroxyl groups is 1. The molecule has 0 aliphatic rings. The maximum absolute atomic E-state index is 13.7. The highest BCUT2D eigenvalue weighted by Gasteiger charge is 2.15. The van der Waals surface area contributed by atoms with Crippen molar-refractivity contribution in [3.05, 3.63) is 29.6 Å². The Balaban J connectivity index is 2.70. The van der Waals surface area contributed by atoms with E-state index in [9.17, 15) is 19.1 Å². The molecule has 0 saturated carbocycles. The lowest BCUT2D eigenvalue weighted by Gasteiger charge is -2.14. The van der Waals surface area contributed by atoms with Gasteiger partial charge in [0, 0.05) is 19.2 Å². The fourth-order valence-electron chi connectivity index (χ4n) is 1.91.